The van der Waals surface area contributed by atoms with E-state index in [0.29, 0.717) is 5.95 Å². The molecule has 1 aromatic heterocycles. The van der Waals surface area contributed by atoms with Crippen LogP contribution in [-0.2, 0) is 11.3 Å². The summed E-state index contributed by atoms with van der Waals surface area (Å²) in [6.07, 6.45) is 1.01. The van der Waals surface area contributed by atoms with Gasteiger partial charge >= 0.3 is 0 Å². The van der Waals surface area contributed by atoms with E-state index in [1.165, 1.54) is 0 Å². The first-order valence-corrected chi connectivity index (χ1v) is 5.18. The Morgan fingerprint density at radius 3 is 2.73 bits per heavy atom. The summed E-state index contributed by atoms with van der Waals surface area (Å²) in [6, 6.07) is 0. The molecule has 0 saturated carbocycles. The molecule has 1 aliphatic heterocycles. The number of aryl methyl sites for hydroxylation is 1. The normalized spacial score (nSPS) is 18.1. The molecule has 0 unspecified atom stereocenters. The number of nitrogen functional groups attached to an aromatic ring is 1. The molecule has 0 aromatic carbocycles. The van der Waals surface area contributed by atoms with Crippen molar-refractivity contribution in [2.75, 3.05) is 38.6 Å². The van der Waals surface area contributed by atoms with Gasteiger partial charge in [0.2, 0.25) is 5.95 Å². The summed E-state index contributed by atoms with van der Waals surface area (Å²) in [6.45, 7) is 5.54. The van der Waals surface area contributed by atoms with Gasteiger partial charge < -0.3 is 10.5 Å². The Balaban J connectivity index is 1.68. The van der Waals surface area contributed by atoms with Gasteiger partial charge in [-0.25, -0.2) is 4.68 Å². The lowest BCUT2D eigenvalue weighted by molar-refractivity contribution is 0.0368. The number of ether oxygens (including phenoxy) is 1. The van der Waals surface area contributed by atoms with Crippen LogP contribution in [0.25, 0.3) is 0 Å². The summed E-state index contributed by atoms with van der Waals surface area (Å²) < 4.78 is 6.90. The van der Waals surface area contributed by atoms with E-state index in [-0.39, 0.29) is 0 Å². The molecular formula is C8H16N6O. The summed E-state index contributed by atoms with van der Waals surface area (Å²) in [7, 11) is 0. The van der Waals surface area contributed by atoms with Gasteiger partial charge in [-0.15, -0.1) is 0 Å². The molecule has 7 nitrogen and oxygen atoms in total. The lowest BCUT2D eigenvalue weighted by Crippen LogP contribution is -2.37. The van der Waals surface area contributed by atoms with Crippen molar-refractivity contribution >= 4 is 5.95 Å². The van der Waals surface area contributed by atoms with E-state index >= 15 is 0 Å². The molecular weight excluding hydrogens is 196 g/mol. The summed E-state index contributed by atoms with van der Waals surface area (Å²) >= 11 is 0. The summed E-state index contributed by atoms with van der Waals surface area (Å²) in [4.78, 5) is 2.38. The Hall–Kier alpha value is -1.21. The number of aromatic nitrogens is 4. The van der Waals surface area contributed by atoms with Gasteiger partial charge in [-0.05, 0) is 16.8 Å². The third-order valence-corrected chi connectivity index (χ3v) is 2.51. The fourth-order valence-electron chi connectivity index (χ4n) is 1.64. The molecule has 0 amide bonds. The number of anilines is 1. The molecule has 1 aromatic rings. The van der Waals surface area contributed by atoms with Crippen molar-refractivity contribution in [2.24, 2.45) is 0 Å². The van der Waals surface area contributed by atoms with Gasteiger partial charge in [0.15, 0.2) is 0 Å². The zero-order chi connectivity index (χ0) is 10.5. The lowest BCUT2D eigenvalue weighted by atomic mass is 10.3. The monoisotopic (exact) mass is 212 g/mol. The van der Waals surface area contributed by atoms with Gasteiger partial charge in [0.1, 0.15) is 0 Å². The van der Waals surface area contributed by atoms with E-state index in [4.69, 9.17) is 10.5 Å². The van der Waals surface area contributed by atoms with Crippen molar-refractivity contribution in [1.29, 1.82) is 0 Å². The van der Waals surface area contributed by atoms with Crippen LogP contribution in [0.2, 0.25) is 0 Å². The second-order valence-corrected chi connectivity index (χ2v) is 3.57. The van der Waals surface area contributed by atoms with Crippen molar-refractivity contribution in [3.8, 4) is 0 Å². The van der Waals surface area contributed by atoms with Gasteiger partial charge in [-0.1, -0.05) is 5.10 Å². The largest absolute Gasteiger partial charge is 0.379 e. The predicted octanol–water partition coefficient (Wildman–Crippen LogP) is -1.02. The highest BCUT2D eigenvalue weighted by molar-refractivity contribution is 5.09. The molecule has 84 valence electrons. The van der Waals surface area contributed by atoms with Gasteiger partial charge in [-0.2, -0.15) is 0 Å². The minimum absolute atomic E-state index is 0.386. The van der Waals surface area contributed by atoms with Crippen LogP contribution in [0.5, 0.6) is 0 Å². The van der Waals surface area contributed by atoms with Crippen molar-refractivity contribution < 1.29 is 4.74 Å². The van der Waals surface area contributed by atoms with Crippen LogP contribution in [0.15, 0.2) is 0 Å². The van der Waals surface area contributed by atoms with Gasteiger partial charge in [0.25, 0.3) is 0 Å². The topological polar surface area (TPSA) is 82.1 Å². The number of morpholine rings is 1. The molecule has 2 heterocycles. The van der Waals surface area contributed by atoms with E-state index in [2.05, 4.69) is 20.4 Å². The maximum Gasteiger partial charge on any atom is 0.240 e. The van der Waals surface area contributed by atoms with Gasteiger partial charge in [-0.3, -0.25) is 4.90 Å². The van der Waals surface area contributed by atoms with Crippen LogP contribution in [0, 0.1) is 0 Å². The molecule has 2 N–H and O–H groups in total. The van der Waals surface area contributed by atoms with Crippen LogP contribution in [0.1, 0.15) is 6.42 Å². The lowest BCUT2D eigenvalue weighted by Gasteiger charge is -2.26. The standard InChI is InChI=1S/C8H16N6O/c9-8-10-11-12-14(8)3-1-2-13-4-6-15-7-5-13/h1-7H2,(H2,9,10,12). The molecule has 0 radical (unpaired) electrons. The summed E-state index contributed by atoms with van der Waals surface area (Å²) in [5.41, 5.74) is 5.55. The van der Waals surface area contributed by atoms with Crippen molar-refractivity contribution in [1.82, 2.24) is 25.1 Å². The van der Waals surface area contributed by atoms with E-state index in [1.807, 2.05) is 0 Å². The number of rotatable bonds is 4. The van der Waals surface area contributed by atoms with Crippen LogP contribution in [-0.4, -0.2) is 58.0 Å². The Morgan fingerprint density at radius 2 is 2.07 bits per heavy atom. The van der Waals surface area contributed by atoms with Crippen LogP contribution in [0.4, 0.5) is 5.95 Å². The number of hydrogen-bond acceptors (Lipinski definition) is 6. The Kier molecular flexibility index (Phi) is 3.46. The fourth-order valence-corrected chi connectivity index (χ4v) is 1.64. The fraction of sp³-hybridized carbons (Fsp3) is 0.875. The Bertz CT molecular complexity index is 295. The summed E-state index contributed by atoms with van der Waals surface area (Å²) in [5, 5.41) is 10.9. The number of tetrazole rings is 1. The first kappa shape index (κ1) is 10.3. The molecule has 1 aliphatic rings. The molecule has 7 heteroatoms. The molecule has 0 aliphatic carbocycles. The van der Waals surface area contributed by atoms with Crippen molar-refractivity contribution in [3.05, 3.63) is 0 Å². The van der Waals surface area contributed by atoms with E-state index < -0.39 is 0 Å². The molecule has 1 fully saturated rings. The number of hydrogen-bond donors (Lipinski definition) is 1. The molecule has 15 heavy (non-hydrogen) atoms. The highest BCUT2D eigenvalue weighted by Crippen LogP contribution is 2.00. The Labute approximate surface area is 88.2 Å². The van der Waals surface area contributed by atoms with Crippen molar-refractivity contribution in [2.45, 2.75) is 13.0 Å². The maximum absolute atomic E-state index is 5.55. The molecule has 0 atom stereocenters. The third-order valence-electron chi connectivity index (χ3n) is 2.51. The third kappa shape index (κ3) is 2.87. The Morgan fingerprint density at radius 1 is 1.27 bits per heavy atom. The van der Waals surface area contributed by atoms with E-state index in [1.54, 1.807) is 4.68 Å². The van der Waals surface area contributed by atoms with Gasteiger partial charge in [0.05, 0.1) is 13.2 Å². The zero-order valence-electron chi connectivity index (χ0n) is 8.67. The second kappa shape index (κ2) is 5.04. The minimum atomic E-state index is 0.386. The SMILES string of the molecule is Nc1nnnn1CCCN1CCOCC1. The quantitative estimate of drug-likeness (QED) is 0.687. The van der Waals surface area contributed by atoms with Crippen LogP contribution < -0.4 is 5.73 Å². The number of nitrogens with two attached hydrogens (primary N) is 1. The maximum atomic E-state index is 5.55. The highest BCUT2D eigenvalue weighted by Gasteiger charge is 2.09. The average molecular weight is 212 g/mol. The molecule has 0 bridgehead atoms. The smallest absolute Gasteiger partial charge is 0.240 e. The van der Waals surface area contributed by atoms with Gasteiger partial charge in [0, 0.05) is 26.2 Å². The van der Waals surface area contributed by atoms with Crippen LogP contribution in [0.3, 0.4) is 0 Å². The summed E-state index contributed by atoms with van der Waals surface area (Å²) in [5.74, 6) is 0.386. The first-order valence-electron chi connectivity index (χ1n) is 5.18. The van der Waals surface area contributed by atoms with Crippen molar-refractivity contribution in [3.63, 3.8) is 0 Å². The highest BCUT2D eigenvalue weighted by atomic mass is 16.5. The first-order chi connectivity index (χ1) is 7.36. The number of nitrogens with zero attached hydrogens (tertiary/aromatic N) is 5. The van der Waals surface area contributed by atoms with E-state index in [0.717, 1.165) is 45.8 Å². The molecule has 0 spiro atoms. The van der Waals surface area contributed by atoms with Crippen LogP contribution >= 0.6 is 0 Å². The predicted molar refractivity (Wildman–Crippen MR) is 54.1 cm³/mol. The average Bonchev–Trinajstić information content (AvgIpc) is 2.66. The molecule has 2 rings (SSSR count). The molecule has 1 saturated heterocycles. The second-order valence-electron chi connectivity index (χ2n) is 3.57. The zero-order valence-corrected chi connectivity index (χ0v) is 8.67. The van der Waals surface area contributed by atoms with E-state index in [9.17, 15) is 0 Å². The minimum Gasteiger partial charge on any atom is -0.379 e.